The van der Waals surface area contributed by atoms with E-state index in [1.807, 2.05) is 18.2 Å². The number of benzene rings is 2. The van der Waals surface area contributed by atoms with E-state index in [1.165, 1.54) is 24.5 Å². The van der Waals surface area contributed by atoms with Gasteiger partial charge in [0, 0.05) is 5.69 Å². The Morgan fingerprint density at radius 3 is 2.48 bits per heavy atom. The molecule has 0 aliphatic heterocycles. The normalized spacial score (nSPS) is 15.6. The van der Waals surface area contributed by atoms with Crippen molar-refractivity contribution in [2.75, 3.05) is 12.4 Å². The molecule has 110 valence electrons. The average Bonchev–Trinajstić information content (AvgIpc) is 3.33. The molecule has 1 atom stereocenters. The monoisotopic (exact) mass is 305 g/mol. The first-order valence-corrected chi connectivity index (χ1v) is 7.40. The molecule has 1 saturated carbocycles. The van der Waals surface area contributed by atoms with Gasteiger partial charge in [0.2, 0.25) is 0 Å². The van der Waals surface area contributed by atoms with Gasteiger partial charge in [-0.15, -0.1) is 0 Å². The van der Waals surface area contributed by atoms with E-state index in [2.05, 4.69) is 17.4 Å². The molecule has 1 unspecified atom stereocenters. The summed E-state index contributed by atoms with van der Waals surface area (Å²) in [6.45, 7) is 0. The van der Waals surface area contributed by atoms with Gasteiger partial charge in [-0.25, -0.2) is 4.39 Å². The predicted octanol–water partition coefficient (Wildman–Crippen LogP) is 5.05. The third kappa shape index (κ3) is 3.30. The van der Waals surface area contributed by atoms with Crippen LogP contribution in [0.15, 0.2) is 42.5 Å². The minimum Gasteiger partial charge on any atom is -0.497 e. The molecule has 2 nitrogen and oxygen atoms in total. The Labute approximate surface area is 128 Å². The zero-order valence-electron chi connectivity index (χ0n) is 11.8. The first kappa shape index (κ1) is 14.2. The van der Waals surface area contributed by atoms with Crippen molar-refractivity contribution < 1.29 is 9.13 Å². The Kier molecular flexibility index (Phi) is 4.02. The van der Waals surface area contributed by atoms with Crippen LogP contribution in [0.3, 0.4) is 0 Å². The first-order valence-electron chi connectivity index (χ1n) is 7.03. The van der Waals surface area contributed by atoms with E-state index in [-0.39, 0.29) is 11.1 Å². The smallest absolute Gasteiger partial charge is 0.143 e. The molecule has 3 rings (SSSR count). The van der Waals surface area contributed by atoms with E-state index in [0.717, 1.165) is 11.4 Å². The lowest BCUT2D eigenvalue weighted by Gasteiger charge is -2.20. The van der Waals surface area contributed by atoms with Crippen LogP contribution in [-0.2, 0) is 0 Å². The molecule has 1 N–H and O–H groups in total. The van der Waals surface area contributed by atoms with Crippen molar-refractivity contribution in [2.45, 2.75) is 18.9 Å². The maximum absolute atomic E-state index is 13.6. The lowest BCUT2D eigenvalue weighted by Crippen LogP contribution is -2.13. The summed E-state index contributed by atoms with van der Waals surface area (Å²) in [5.74, 6) is 1.04. The molecule has 4 heteroatoms. The Morgan fingerprint density at radius 2 is 1.90 bits per heavy atom. The number of nitrogens with one attached hydrogen (secondary N) is 1. The van der Waals surface area contributed by atoms with Crippen LogP contribution >= 0.6 is 11.6 Å². The van der Waals surface area contributed by atoms with Gasteiger partial charge in [0.15, 0.2) is 0 Å². The molecule has 0 heterocycles. The molecule has 1 aliphatic carbocycles. The third-order valence-corrected chi connectivity index (χ3v) is 4.12. The topological polar surface area (TPSA) is 21.3 Å². The molecule has 0 radical (unpaired) electrons. The number of methoxy groups -OCH3 is 1. The summed E-state index contributed by atoms with van der Waals surface area (Å²) in [5.41, 5.74) is 1.94. The minimum absolute atomic E-state index is 0.146. The fraction of sp³-hybridized carbons (Fsp3) is 0.294. The molecule has 2 aromatic rings. The van der Waals surface area contributed by atoms with E-state index in [0.29, 0.717) is 5.92 Å². The first-order chi connectivity index (χ1) is 10.2. The maximum Gasteiger partial charge on any atom is 0.143 e. The molecule has 1 aliphatic rings. The highest BCUT2D eigenvalue weighted by Crippen LogP contribution is 2.43. The van der Waals surface area contributed by atoms with E-state index in [1.54, 1.807) is 13.2 Å². The van der Waals surface area contributed by atoms with E-state index < -0.39 is 5.82 Å². The van der Waals surface area contributed by atoms with Crippen LogP contribution in [0, 0.1) is 11.7 Å². The molecule has 0 amide bonds. The molecule has 2 aromatic carbocycles. The molecule has 0 aromatic heterocycles. The molecule has 0 spiro atoms. The predicted molar refractivity (Wildman–Crippen MR) is 83.5 cm³/mol. The van der Waals surface area contributed by atoms with Crippen LogP contribution in [0.25, 0.3) is 0 Å². The summed E-state index contributed by atoms with van der Waals surface area (Å²) >= 11 is 5.73. The molecule has 0 saturated heterocycles. The van der Waals surface area contributed by atoms with Crippen LogP contribution in [0.1, 0.15) is 24.4 Å². The SMILES string of the molecule is COc1ccc(C(Nc2ccc(Cl)c(F)c2)C2CC2)cc1. The third-order valence-electron chi connectivity index (χ3n) is 3.81. The van der Waals surface area contributed by atoms with Crippen LogP contribution in [-0.4, -0.2) is 7.11 Å². The largest absolute Gasteiger partial charge is 0.497 e. The second-order valence-electron chi connectivity index (χ2n) is 5.36. The van der Waals surface area contributed by atoms with E-state index >= 15 is 0 Å². The number of hydrogen-bond donors (Lipinski definition) is 1. The van der Waals surface area contributed by atoms with Crippen LogP contribution in [0.2, 0.25) is 5.02 Å². The standard InChI is InChI=1S/C17H17ClFNO/c1-21-14-7-4-12(5-8-14)17(11-2-3-11)20-13-6-9-15(18)16(19)10-13/h4-11,17,20H,2-3H2,1H3. The summed E-state index contributed by atoms with van der Waals surface area (Å²) < 4.78 is 18.7. The second-order valence-corrected chi connectivity index (χ2v) is 5.77. The van der Waals surface area contributed by atoms with Crippen molar-refractivity contribution >= 4 is 17.3 Å². The van der Waals surface area contributed by atoms with E-state index in [9.17, 15) is 4.39 Å². The van der Waals surface area contributed by atoms with Gasteiger partial charge in [-0.3, -0.25) is 0 Å². The summed E-state index contributed by atoms with van der Waals surface area (Å²) in [7, 11) is 1.65. The van der Waals surface area contributed by atoms with Crippen LogP contribution in [0.4, 0.5) is 10.1 Å². The molecule has 0 bridgehead atoms. The lowest BCUT2D eigenvalue weighted by molar-refractivity contribution is 0.414. The summed E-state index contributed by atoms with van der Waals surface area (Å²) in [6.07, 6.45) is 2.39. The molecular formula is C17H17ClFNO. The van der Waals surface area contributed by atoms with Crippen molar-refractivity contribution in [3.05, 3.63) is 58.9 Å². The highest BCUT2D eigenvalue weighted by molar-refractivity contribution is 6.30. The summed E-state index contributed by atoms with van der Waals surface area (Å²) in [6, 6.07) is 13.0. The van der Waals surface area contributed by atoms with E-state index in [4.69, 9.17) is 16.3 Å². The number of anilines is 1. The second kappa shape index (κ2) is 5.94. The van der Waals surface area contributed by atoms with Crippen molar-refractivity contribution in [1.82, 2.24) is 0 Å². The Bertz CT molecular complexity index is 625. The van der Waals surface area contributed by atoms with Crippen LogP contribution in [0.5, 0.6) is 5.75 Å². The van der Waals surface area contributed by atoms with Gasteiger partial charge in [0.25, 0.3) is 0 Å². The van der Waals surface area contributed by atoms with Crippen molar-refractivity contribution in [3.63, 3.8) is 0 Å². The van der Waals surface area contributed by atoms with Crippen molar-refractivity contribution in [3.8, 4) is 5.75 Å². The highest BCUT2D eigenvalue weighted by atomic mass is 35.5. The Morgan fingerprint density at radius 1 is 1.19 bits per heavy atom. The van der Waals surface area contributed by atoms with Crippen LogP contribution < -0.4 is 10.1 Å². The minimum atomic E-state index is -0.397. The number of ether oxygens (including phenoxy) is 1. The highest BCUT2D eigenvalue weighted by Gasteiger charge is 2.32. The Balaban J connectivity index is 1.82. The van der Waals surface area contributed by atoms with Gasteiger partial charge < -0.3 is 10.1 Å². The number of hydrogen-bond acceptors (Lipinski definition) is 2. The number of rotatable bonds is 5. The molecule has 21 heavy (non-hydrogen) atoms. The van der Waals surface area contributed by atoms with Gasteiger partial charge >= 0.3 is 0 Å². The van der Waals surface area contributed by atoms with Crippen molar-refractivity contribution in [2.24, 2.45) is 5.92 Å². The summed E-state index contributed by atoms with van der Waals surface area (Å²) in [5, 5.41) is 3.57. The maximum atomic E-state index is 13.6. The lowest BCUT2D eigenvalue weighted by atomic mass is 10.0. The molecular weight excluding hydrogens is 289 g/mol. The van der Waals surface area contributed by atoms with Gasteiger partial charge in [-0.2, -0.15) is 0 Å². The zero-order valence-corrected chi connectivity index (χ0v) is 12.5. The zero-order chi connectivity index (χ0) is 14.8. The Hall–Kier alpha value is -1.74. The number of halogens is 2. The van der Waals surface area contributed by atoms with Gasteiger partial charge in [0.05, 0.1) is 18.2 Å². The van der Waals surface area contributed by atoms with Gasteiger partial charge in [-0.05, 0) is 54.7 Å². The van der Waals surface area contributed by atoms with Crippen molar-refractivity contribution in [1.29, 1.82) is 0 Å². The summed E-state index contributed by atoms with van der Waals surface area (Å²) in [4.78, 5) is 0. The fourth-order valence-electron chi connectivity index (χ4n) is 2.48. The fourth-order valence-corrected chi connectivity index (χ4v) is 2.60. The quantitative estimate of drug-likeness (QED) is 0.834. The van der Waals surface area contributed by atoms with Gasteiger partial charge in [0.1, 0.15) is 11.6 Å². The average molecular weight is 306 g/mol. The molecule has 1 fully saturated rings. The van der Waals surface area contributed by atoms with Gasteiger partial charge in [-0.1, -0.05) is 23.7 Å².